The van der Waals surface area contributed by atoms with Gasteiger partial charge in [0.2, 0.25) is 5.91 Å². The van der Waals surface area contributed by atoms with Crippen LogP contribution in [0.3, 0.4) is 0 Å². The number of benzene rings is 3. The fourth-order valence-electron chi connectivity index (χ4n) is 3.92. The normalized spacial score (nSPS) is 13.7. The Labute approximate surface area is 211 Å². The molecule has 0 fully saturated rings. The Morgan fingerprint density at radius 1 is 0.944 bits per heavy atom. The lowest BCUT2D eigenvalue weighted by molar-refractivity contribution is -0.123. The number of hydrogen-bond acceptors (Lipinski definition) is 5. The van der Waals surface area contributed by atoms with Gasteiger partial charge in [0.1, 0.15) is 6.54 Å². The molecule has 1 aliphatic rings. The van der Waals surface area contributed by atoms with Crippen molar-refractivity contribution >= 4 is 23.6 Å². The van der Waals surface area contributed by atoms with E-state index in [1.54, 1.807) is 18.2 Å². The topological polar surface area (TPSA) is 77.1 Å². The first-order valence-electron chi connectivity index (χ1n) is 12.1. The molecule has 1 heterocycles. The molecule has 0 radical (unpaired) electrons. The van der Waals surface area contributed by atoms with Gasteiger partial charge in [-0.15, -0.1) is 0 Å². The van der Waals surface area contributed by atoms with Crippen molar-refractivity contribution in [3.63, 3.8) is 0 Å². The summed E-state index contributed by atoms with van der Waals surface area (Å²) in [5, 5.41) is 2.92. The fourth-order valence-corrected chi connectivity index (χ4v) is 3.92. The van der Waals surface area contributed by atoms with Gasteiger partial charge in [-0.05, 0) is 61.7 Å². The van der Waals surface area contributed by atoms with E-state index in [-0.39, 0.29) is 24.1 Å². The fraction of sp³-hybridized carbons (Fsp3) is 0.241. The number of nitrogens with zero attached hydrogens (tertiary/aromatic N) is 1. The standard InChI is InChI=1S/C29H30N2O5/c1-3-34-25-15-14-22(18-26(25)35-4-2)16-17-30-28(32)20-31-23-12-8-9-13-24(23)36-27(29(31)33)19-21-10-6-5-7-11-21/h5-15,18-19H,3-4,16-17,20H2,1-2H3,(H,30,32). The molecular formula is C29H30N2O5. The lowest BCUT2D eigenvalue weighted by Gasteiger charge is -2.30. The van der Waals surface area contributed by atoms with Gasteiger partial charge in [0, 0.05) is 6.54 Å². The van der Waals surface area contributed by atoms with Gasteiger partial charge in [-0.1, -0.05) is 48.5 Å². The van der Waals surface area contributed by atoms with Crippen LogP contribution in [-0.2, 0) is 16.0 Å². The first-order chi connectivity index (χ1) is 17.6. The van der Waals surface area contributed by atoms with Gasteiger partial charge in [0.25, 0.3) is 5.91 Å². The van der Waals surface area contributed by atoms with Crippen molar-refractivity contribution in [2.75, 3.05) is 31.2 Å². The third-order valence-electron chi connectivity index (χ3n) is 5.57. The van der Waals surface area contributed by atoms with Crippen LogP contribution in [0.25, 0.3) is 6.08 Å². The maximum Gasteiger partial charge on any atom is 0.294 e. The zero-order valence-electron chi connectivity index (χ0n) is 20.5. The third kappa shape index (κ3) is 6.05. The second-order valence-electron chi connectivity index (χ2n) is 8.13. The number of carbonyl (C=O) groups excluding carboxylic acids is 2. The van der Waals surface area contributed by atoms with Gasteiger partial charge in [-0.25, -0.2) is 0 Å². The maximum atomic E-state index is 13.2. The van der Waals surface area contributed by atoms with E-state index in [1.807, 2.05) is 74.5 Å². The summed E-state index contributed by atoms with van der Waals surface area (Å²) in [6.07, 6.45) is 2.30. The summed E-state index contributed by atoms with van der Waals surface area (Å²) in [6, 6.07) is 22.4. The van der Waals surface area contributed by atoms with Crippen molar-refractivity contribution in [2.45, 2.75) is 20.3 Å². The van der Waals surface area contributed by atoms with Crippen LogP contribution in [0.4, 0.5) is 5.69 Å². The van der Waals surface area contributed by atoms with Crippen molar-refractivity contribution in [2.24, 2.45) is 0 Å². The number of para-hydroxylation sites is 2. The predicted octanol–water partition coefficient (Wildman–Crippen LogP) is 4.61. The average Bonchev–Trinajstić information content (AvgIpc) is 2.89. The molecule has 0 saturated carbocycles. The summed E-state index contributed by atoms with van der Waals surface area (Å²) in [6.45, 7) is 5.26. The van der Waals surface area contributed by atoms with E-state index in [0.717, 1.165) is 11.1 Å². The van der Waals surface area contributed by atoms with E-state index in [2.05, 4.69) is 5.32 Å². The van der Waals surface area contributed by atoms with E-state index >= 15 is 0 Å². The van der Waals surface area contributed by atoms with Gasteiger partial charge < -0.3 is 19.5 Å². The second kappa shape index (κ2) is 11.9. The summed E-state index contributed by atoms with van der Waals surface area (Å²) < 4.78 is 17.2. The van der Waals surface area contributed by atoms with Gasteiger partial charge in [-0.3, -0.25) is 14.5 Å². The minimum Gasteiger partial charge on any atom is -0.490 e. The molecule has 0 unspecified atom stereocenters. The first-order valence-corrected chi connectivity index (χ1v) is 12.1. The lowest BCUT2D eigenvalue weighted by atomic mass is 10.1. The van der Waals surface area contributed by atoms with Gasteiger partial charge in [0.15, 0.2) is 23.0 Å². The third-order valence-corrected chi connectivity index (χ3v) is 5.57. The molecule has 0 bridgehead atoms. The highest BCUT2D eigenvalue weighted by molar-refractivity contribution is 6.12. The Kier molecular flexibility index (Phi) is 8.24. The van der Waals surface area contributed by atoms with E-state index in [9.17, 15) is 9.59 Å². The molecule has 2 amide bonds. The molecule has 1 aliphatic heterocycles. The van der Waals surface area contributed by atoms with Crippen LogP contribution in [-0.4, -0.2) is 38.1 Å². The number of anilines is 1. The van der Waals surface area contributed by atoms with Crippen LogP contribution in [0.15, 0.2) is 78.6 Å². The quantitative estimate of drug-likeness (QED) is 0.424. The predicted molar refractivity (Wildman–Crippen MR) is 139 cm³/mol. The maximum absolute atomic E-state index is 13.2. The number of rotatable bonds is 10. The summed E-state index contributed by atoms with van der Waals surface area (Å²) >= 11 is 0. The number of carbonyl (C=O) groups is 2. The molecule has 0 spiro atoms. The molecule has 0 saturated heterocycles. The van der Waals surface area contributed by atoms with Crippen molar-refractivity contribution in [1.82, 2.24) is 5.32 Å². The number of nitrogens with one attached hydrogen (secondary N) is 1. The highest BCUT2D eigenvalue weighted by atomic mass is 16.5. The molecule has 36 heavy (non-hydrogen) atoms. The molecule has 3 aromatic carbocycles. The second-order valence-corrected chi connectivity index (χ2v) is 8.13. The summed E-state index contributed by atoms with van der Waals surface area (Å²) in [7, 11) is 0. The van der Waals surface area contributed by atoms with Crippen molar-refractivity contribution in [3.8, 4) is 17.2 Å². The van der Waals surface area contributed by atoms with Crippen LogP contribution in [0.5, 0.6) is 17.2 Å². The molecule has 4 rings (SSSR count). The van der Waals surface area contributed by atoms with Crippen LogP contribution in [0.2, 0.25) is 0 Å². The molecule has 1 N–H and O–H groups in total. The van der Waals surface area contributed by atoms with Crippen molar-refractivity contribution < 1.29 is 23.8 Å². The Hall–Kier alpha value is -4.26. The molecule has 7 nitrogen and oxygen atoms in total. The van der Waals surface area contributed by atoms with E-state index in [1.165, 1.54) is 4.90 Å². The van der Waals surface area contributed by atoms with Gasteiger partial charge >= 0.3 is 0 Å². The Morgan fingerprint density at radius 3 is 2.44 bits per heavy atom. The Bertz CT molecular complexity index is 1240. The molecule has 3 aromatic rings. The number of ether oxygens (including phenoxy) is 3. The van der Waals surface area contributed by atoms with Crippen molar-refractivity contribution in [1.29, 1.82) is 0 Å². The number of hydrogen-bond donors (Lipinski definition) is 1. The average molecular weight is 487 g/mol. The number of amides is 2. The highest BCUT2D eigenvalue weighted by Gasteiger charge is 2.31. The largest absolute Gasteiger partial charge is 0.490 e. The van der Waals surface area contributed by atoms with Gasteiger partial charge in [0.05, 0.1) is 18.9 Å². The Balaban J connectivity index is 1.42. The first kappa shape index (κ1) is 24.9. The number of fused-ring (bicyclic) bond motifs is 1. The van der Waals surface area contributed by atoms with E-state index in [4.69, 9.17) is 14.2 Å². The van der Waals surface area contributed by atoms with Crippen molar-refractivity contribution in [3.05, 3.63) is 89.7 Å². The SMILES string of the molecule is CCOc1ccc(CCNC(=O)CN2C(=O)C(=Cc3ccccc3)Oc3ccccc32)cc1OCC. The van der Waals surface area contributed by atoms with Gasteiger partial charge in [-0.2, -0.15) is 0 Å². The van der Waals surface area contributed by atoms with Crippen LogP contribution < -0.4 is 24.4 Å². The summed E-state index contributed by atoms with van der Waals surface area (Å²) in [4.78, 5) is 27.5. The minimum atomic E-state index is -0.361. The van der Waals surface area contributed by atoms with Crippen LogP contribution in [0, 0.1) is 0 Å². The molecule has 0 atom stereocenters. The molecule has 186 valence electrons. The zero-order chi connectivity index (χ0) is 25.3. The van der Waals surface area contributed by atoms with E-state index in [0.29, 0.717) is 49.1 Å². The van der Waals surface area contributed by atoms with Crippen LogP contribution >= 0.6 is 0 Å². The highest BCUT2D eigenvalue weighted by Crippen LogP contribution is 2.35. The molecule has 7 heteroatoms. The molecule has 0 aromatic heterocycles. The summed E-state index contributed by atoms with van der Waals surface area (Å²) in [5.74, 6) is 1.48. The minimum absolute atomic E-state index is 0.112. The van der Waals surface area contributed by atoms with Crippen LogP contribution in [0.1, 0.15) is 25.0 Å². The monoisotopic (exact) mass is 486 g/mol. The summed E-state index contributed by atoms with van der Waals surface area (Å²) in [5.41, 5.74) is 2.42. The van der Waals surface area contributed by atoms with E-state index < -0.39 is 0 Å². The molecular weight excluding hydrogens is 456 g/mol. The lowest BCUT2D eigenvalue weighted by Crippen LogP contribution is -2.44. The zero-order valence-corrected chi connectivity index (χ0v) is 20.5. The Morgan fingerprint density at radius 2 is 1.67 bits per heavy atom. The molecule has 0 aliphatic carbocycles. The smallest absolute Gasteiger partial charge is 0.294 e.